The molecule has 0 fully saturated rings. The summed E-state index contributed by atoms with van der Waals surface area (Å²) in [5, 5.41) is 12.9. The number of aromatic nitrogens is 1. The molecule has 0 saturated carbocycles. The molecule has 0 aliphatic carbocycles. The fourth-order valence-corrected chi connectivity index (χ4v) is 1.63. The molecule has 19 heavy (non-hydrogen) atoms. The van der Waals surface area contributed by atoms with Gasteiger partial charge in [0.05, 0.1) is 0 Å². The van der Waals surface area contributed by atoms with Crippen LogP contribution >= 0.6 is 11.6 Å². The van der Waals surface area contributed by atoms with Crippen molar-refractivity contribution in [3.05, 3.63) is 35.6 Å². The Kier molecular flexibility index (Phi) is 4.01. The molecular weight excluding hydrogens is 277 g/mol. The van der Waals surface area contributed by atoms with Gasteiger partial charge in [-0.3, -0.25) is 0 Å². The fraction of sp³-hybridized carbons (Fsp3) is 0.167. The van der Waals surface area contributed by atoms with Crippen molar-refractivity contribution < 1.29 is 23.6 Å². The molecule has 1 atom stereocenters. The number of carboxylic acids is 1. The number of carbonyl (C=O) groups is 1. The normalized spacial score (nSPS) is 12.1. The van der Waals surface area contributed by atoms with Crippen LogP contribution in [0.4, 0.5) is 4.39 Å². The van der Waals surface area contributed by atoms with E-state index in [1.807, 2.05) is 0 Å². The Morgan fingerprint density at radius 3 is 2.89 bits per heavy atom. The highest BCUT2D eigenvalue weighted by Crippen LogP contribution is 2.32. The quantitative estimate of drug-likeness (QED) is 0.914. The van der Waals surface area contributed by atoms with E-state index in [1.54, 1.807) is 6.07 Å². The number of carboxylic acid groups (broad SMARTS) is 1. The summed E-state index contributed by atoms with van der Waals surface area (Å²) in [7, 11) is 0. The van der Waals surface area contributed by atoms with Gasteiger partial charge in [0.15, 0.2) is 0 Å². The number of halogens is 2. The molecule has 0 spiro atoms. The van der Waals surface area contributed by atoms with Crippen LogP contribution in [0, 0.1) is 0 Å². The minimum atomic E-state index is -1.58. The molecule has 0 aliphatic heterocycles. The van der Waals surface area contributed by atoms with Crippen LogP contribution in [0.25, 0.3) is 11.3 Å². The summed E-state index contributed by atoms with van der Waals surface area (Å²) in [6.07, 6.45) is -0.226. The molecule has 2 rings (SSSR count). The van der Waals surface area contributed by atoms with Gasteiger partial charge in [-0.05, 0) is 18.2 Å². The third kappa shape index (κ3) is 3.03. The number of hydrogen-bond donors (Lipinski definition) is 1. The van der Waals surface area contributed by atoms with Crippen LogP contribution in [-0.4, -0.2) is 29.0 Å². The second kappa shape index (κ2) is 5.71. The first-order valence-electron chi connectivity index (χ1n) is 5.27. The molecule has 0 amide bonds. The Balaban J connectivity index is 2.37. The summed E-state index contributed by atoms with van der Waals surface area (Å²) in [5.74, 6) is -1.22. The summed E-state index contributed by atoms with van der Waals surface area (Å²) < 4.78 is 22.4. The van der Waals surface area contributed by atoms with E-state index in [9.17, 15) is 9.18 Å². The SMILES string of the molecule is O=C(O)[C@H](CF)Oc1ccc(Cl)cc1-c1ccon1. The van der Waals surface area contributed by atoms with E-state index in [1.165, 1.54) is 24.5 Å². The average Bonchev–Trinajstić information content (AvgIpc) is 2.90. The van der Waals surface area contributed by atoms with Crippen molar-refractivity contribution in [1.82, 2.24) is 5.16 Å². The first-order valence-corrected chi connectivity index (χ1v) is 5.65. The highest BCUT2D eigenvalue weighted by Gasteiger charge is 2.21. The van der Waals surface area contributed by atoms with Gasteiger partial charge in [0, 0.05) is 16.7 Å². The summed E-state index contributed by atoms with van der Waals surface area (Å²) >= 11 is 5.86. The molecule has 1 heterocycles. The number of benzene rings is 1. The highest BCUT2D eigenvalue weighted by molar-refractivity contribution is 6.30. The Hall–Kier alpha value is -2.08. The maximum absolute atomic E-state index is 12.6. The molecule has 0 aliphatic rings. The maximum Gasteiger partial charge on any atom is 0.347 e. The molecular formula is C12H9ClFNO4. The third-order valence-electron chi connectivity index (χ3n) is 2.34. The Bertz CT molecular complexity index is 573. The fourth-order valence-electron chi connectivity index (χ4n) is 1.46. The minimum absolute atomic E-state index is 0.170. The van der Waals surface area contributed by atoms with E-state index < -0.39 is 18.7 Å². The van der Waals surface area contributed by atoms with E-state index in [-0.39, 0.29) is 5.75 Å². The number of ether oxygens (including phenoxy) is 1. The number of hydrogen-bond acceptors (Lipinski definition) is 4. The molecule has 0 saturated heterocycles. The van der Waals surface area contributed by atoms with Crippen LogP contribution in [0.2, 0.25) is 5.02 Å². The summed E-state index contributed by atoms with van der Waals surface area (Å²) in [5.41, 5.74) is 0.849. The largest absolute Gasteiger partial charge is 0.478 e. The molecule has 100 valence electrons. The Labute approximate surface area is 112 Å². The van der Waals surface area contributed by atoms with Crippen LogP contribution < -0.4 is 4.74 Å². The van der Waals surface area contributed by atoms with Crippen LogP contribution in [0.3, 0.4) is 0 Å². The van der Waals surface area contributed by atoms with Gasteiger partial charge < -0.3 is 14.4 Å². The topological polar surface area (TPSA) is 72.6 Å². The third-order valence-corrected chi connectivity index (χ3v) is 2.58. The van der Waals surface area contributed by atoms with Gasteiger partial charge in [-0.1, -0.05) is 16.8 Å². The first kappa shape index (κ1) is 13.4. The van der Waals surface area contributed by atoms with Crippen LogP contribution in [-0.2, 0) is 4.79 Å². The highest BCUT2D eigenvalue weighted by atomic mass is 35.5. The molecule has 0 bridgehead atoms. The predicted molar refractivity (Wildman–Crippen MR) is 65.0 cm³/mol. The maximum atomic E-state index is 12.6. The van der Waals surface area contributed by atoms with Gasteiger partial charge in [0.1, 0.15) is 24.4 Å². The lowest BCUT2D eigenvalue weighted by Gasteiger charge is -2.14. The van der Waals surface area contributed by atoms with E-state index >= 15 is 0 Å². The molecule has 1 aromatic heterocycles. The van der Waals surface area contributed by atoms with Crippen LogP contribution in [0.5, 0.6) is 5.75 Å². The minimum Gasteiger partial charge on any atom is -0.478 e. The molecule has 0 radical (unpaired) electrons. The van der Waals surface area contributed by atoms with Crippen molar-refractivity contribution in [3.63, 3.8) is 0 Å². The monoisotopic (exact) mass is 285 g/mol. The molecule has 1 aromatic carbocycles. The van der Waals surface area contributed by atoms with Crippen molar-refractivity contribution in [2.45, 2.75) is 6.10 Å². The second-order valence-corrected chi connectivity index (χ2v) is 4.06. The van der Waals surface area contributed by atoms with Gasteiger partial charge in [0.2, 0.25) is 6.10 Å². The zero-order chi connectivity index (χ0) is 13.8. The van der Waals surface area contributed by atoms with E-state index in [0.29, 0.717) is 16.3 Å². The van der Waals surface area contributed by atoms with Crippen molar-refractivity contribution in [2.75, 3.05) is 6.67 Å². The number of alkyl halides is 1. The van der Waals surface area contributed by atoms with Gasteiger partial charge in [-0.15, -0.1) is 0 Å². The molecule has 0 unspecified atom stereocenters. The second-order valence-electron chi connectivity index (χ2n) is 3.62. The standard InChI is InChI=1S/C12H9ClFNO4/c13-7-1-2-10(19-11(6-14)12(16)17)8(5-7)9-3-4-18-15-9/h1-5,11H,6H2,(H,16,17)/t11-/m0/s1. The van der Waals surface area contributed by atoms with Gasteiger partial charge in [0.25, 0.3) is 0 Å². The molecule has 5 nitrogen and oxygen atoms in total. The van der Waals surface area contributed by atoms with Crippen LogP contribution in [0.1, 0.15) is 0 Å². The lowest BCUT2D eigenvalue weighted by atomic mass is 10.1. The van der Waals surface area contributed by atoms with Gasteiger partial charge in [-0.25, -0.2) is 9.18 Å². The zero-order valence-corrected chi connectivity index (χ0v) is 10.3. The van der Waals surface area contributed by atoms with Crippen molar-refractivity contribution >= 4 is 17.6 Å². The first-order chi connectivity index (χ1) is 9.11. The van der Waals surface area contributed by atoms with Crippen LogP contribution in [0.15, 0.2) is 35.1 Å². The van der Waals surface area contributed by atoms with E-state index in [2.05, 4.69) is 5.16 Å². The Morgan fingerprint density at radius 1 is 1.53 bits per heavy atom. The molecule has 7 heteroatoms. The van der Waals surface area contributed by atoms with Gasteiger partial charge in [-0.2, -0.15) is 0 Å². The predicted octanol–water partition coefficient (Wildman–Crippen LogP) is 2.80. The van der Waals surface area contributed by atoms with E-state index in [4.69, 9.17) is 26.0 Å². The summed E-state index contributed by atoms with van der Waals surface area (Å²) in [4.78, 5) is 10.8. The number of aliphatic carboxylic acids is 1. The summed E-state index contributed by atoms with van der Waals surface area (Å²) in [6, 6.07) is 6.06. The number of rotatable bonds is 5. The molecule has 1 N–H and O–H groups in total. The van der Waals surface area contributed by atoms with Gasteiger partial charge >= 0.3 is 5.97 Å². The zero-order valence-electron chi connectivity index (χ0n) is 9.55. The smallest absolute Gasteiger partial charge is 0.347 e. The van der Waals surface area contributed by atoms with Crippen molar-refractivity contribution in [2.24, 2.45) is 0 Å². The molecule has 2 aromatic rings. The summed E-state index contributed by atoms with van der Waals surface area (Å²) in [6.45, 7) is -1.14. The number of nitrogens with zero attached hydrogens (tertiary/aromatic N) is 1. The van der Waals surface area contributed by atoms with Crippen molar-refractivity contribution in [3.8, 4) is 17.0 Å². The Morgan fingerprint density at radius 2 is 2.32 bits per heavy atom. The lowest BCUT2D eigenvalue weighted by Crippen LogP contribution is -2.29. The van der Waals surface area contributed by atoms with Crippen molar-refractivity contribution in [1.29, 1.82) is 0 Å². The average molecular weight is 286 g/mol. The van der Waals surface area contributed by atoms with E-state index in [0.717, 1.165) is 0 Å². The lowest BCUT2D eigenvalue weighted by molar-refractivity contribution is -0.145.